The third kappa shape index (κ3) is 124. The second kappa shape index (κ2) is 92.2. The van der Waals surface area contributed by atoms with Crippen molar-refractivity contribution in [3.8, 4) is 0 Å². The summed E-state index contributed by atoms with van der Waals surface area (Å²) in [4.78, 5) is 90.3. The summed E-state index contributed by atoms with van der Waals surface area (Å²) in [7, 11) is -23.0. The van der Waals surface area contributed by atoms with Gasteiger partial charge in [-0.25, -0.2) is 37.4 Å². The number of amides is 2. The van der Waals surface area contributed by atoms with E-state index in [0.29, 0.717) is 92.0 Å². The summed E-state index contributed by atoms with van der Waals surface area (Å²) in [6.07, 6.45) is 19.9. The standard InChI is InChI=1S/2C7H11NO2.2C5H10F3NO2S.2C5H10N4.2C5H10N2O3S.2C5H9NO3.3C5H10O2.2C4H10O3S/c2*1-2-3-4-6-5-7(9)8-10-6;2*1-2-3-4-12(10,11)9-5(6,7)8;2*1-2-3-4-5-6-8-9-7-5;2*1-2-3-4-5-6-10-11(8,9)7-5;2*1-2-3-6-4(7)5(8)9;3*1-2-3-4-5(6)7;2*1-2-3-4-8(5,6)7/h2*5H,2-4H2,1H3,(H,8,9);2*9H,2-4H2,1H3;2*2-4H2,1H3,(H,6,7,8,9);2*2-4H2,1H3,(H,6,7);2*2-3H2,1H3,(H,6,7)(H,8,9);3*2-4H2,1H3,(H,6,7);2*2-4H2,1H3,(H,5,6,7). The number of hydrogen-bond acceptors (Lipinski definition) is 33. The van der Waals surface area contributed by atoms with E-state index in [9.17, 15) is 120 Å². The number of aliphatic carboxylic acids is 5. The quantitative estimate of drug-likeness (QED) is 0.00846. The lowest BCUT2D eigenvalue weighted by atomic mass is 10.2. The maximum Gasteiger partial charge on any atom is 0.470 e. The Kier molecular flexibility index (Phi) is 97.6. The number of carbonyl (C=O) groups excluding carboxylic acids is 2. The van der Waals surface area contributed by atoms with Crippen LogP contribution in [0.2, 0.25) is 0 Å². The van der Waals surface area contributed by atoms with Crippen molar-refractivity contribution in [3.05, 3.63) is 56.0 Å². The highest BCUT2D eigenvalue weighted by atomic mass is 32.2. The van der Waals surface area contributed by atoms with Crippen molar-refractivity contribution in [2.24, 2.45) is 8.80 Å². The van der Waals surface area contributed by atoms with Gasteiger partial charge < -0.3 is 45.2 Å². The summed E-state index contributed by atoms with van der Waals surface area (Å²) in [6.45, 7) is 30.1. The molecule has 4 aromatic rings. The number of alkyl halides is 6. The van der Waals surface area contributed by atoms with E-state index < -0.39 is 127 Å². The molecule has 6 rings (SSSR count). The predicted octanol–water partition coefficient (Wildman–Crippen LogP) is 11.2. The maximum atomic E-state index is 11.5. The van der Waals surface area contributed by atoms with Gasteiger partial charge in [-0.15, -0.1) is 47.2 Å². The molecular formula is C77H150F6N18O32S6. The second-order valence-electron chi connectivity index (χ2n) is 28.4. The molecule has 0 saturated heterocycles. The highest BCUT2D eigenvalue weighted by molar-refractivity contribution is 7.89. The van der Waals surface area contributed by atoms with Crippen LogP contribution in [-0.2, 0) is 129 Å². The van der Waals surface area contributed by atoms with Gasteiger partial charge in [-0.2, -0.15) is 80.8 Å². The van der Waals surface area contributed by atoms with Crippen molar-refractivity contribution in [3.63, 3.8) is 0 Å². The van der Waals surface area contributed by atoms with Crippen molar-refractivity contribution in [2.75, 3.05) is 36.1 Å². The highest BCUT2D eigenvalue weighted by Crippen LogP contribution is 2.14. The smallest absolute Gasteiger partial charge is 0.470 e. The third-order valence-corrected chi connectivity index (χ3v) is 20.6. The third-order valence-electron chi connectivity index (χ3n) is 14.8. The van der Waals surface area contributed by atoms with E-state index >= 15 is 0 Å². The van der Waals surface area contributed by atoms with E-state index in [4.69, 9.17) is 43.7 Å². The van der Waals surface area contributed by atoms with Crippen molar-refractivity contribution in [1.29, 1.82) is 0 Å². The van der Waals surface area contributed by atoms with Crippen LogP contribution in [0.25, 0.3) is 0 Å². The number of unbranched alkanes of at least 4 members (excludes halogenated alkanes) is 13. The summed E-state index contributed by atoms with van der Waals surface area (Å²) in [6, 6.07) is 2.99. The van der Waals surface area contributed by atoms with Gasteiger partial charge in [0.15, 0.2) is 11.6 Å². The van der Waals surface area contributed by atoms with Crippen molar-refractivity contribution < 1.29 is 163 Å². The Hall–Kier alpha value is -9.57. The number of H-pyrrole nitrogens is 4. The Morgan fingerprint density at radius 1 is 0.374 bits per heavy atom. The number of tetrazole rings is 2. The lowest BCUT2D eigenvalue weighted by Gasteiger charge is -2.08. The number of sulfonamides is 2. The van der Waals surface area contributed by atoms with Gasteiger partial charge >= 0.3 is 74.9 Å². The number of halogens is 6. The van der Waals surface area contributed by atoms with Crippen LogP contribution in [0.5, 0.6) is 0 Å². The zero-order chi connectivity index (χ0) is 109. The molecule has 818 valence electrons. The molecule has 17 N–H and O–H groups in total. The van der Waals surface area contributed by atoms with Crippen LogP contribution < -0.4 is 42.2 Å². The van der Waals surface area contributed by atoms with E-state index in [1.165, 1.54) is 25.0 Å². The number of carboxylic acids is 5. The largest absolute Gasteiger partial charge is 0.481 e. The SMILES string of the molecule is CCCCC(=O)O.CCCCC(=O)O.CCCCC(=O)O.CCCCC1=NS(=O)(=O)ON1.CCCCC1=NS(=O)(=O)ON1.CCCCS(=O)(=O)NC(F)(F)F.CCCCS(=O)(=O)NC(F)(F)F.CCCCS(=O)(=O)O.CCCCS(=O)(=O)O.CCCCc1cc(=O)[nH]o1.CCCCc1cc(=O)[nH]o1.CCCCc1nn[nH]n1.CCCCc1nn[nH]n1.CCCNC(=O)C(=O)O.CCCNC(=O)C(=O)O. The lowest BCUT2D eigenvalue weighted by Crippen LogP contribution is -2.38. The van der Waals surface area contributed by atoms with Crippen LogP contribution in [0.15, 0.2) is 39.6 Å². The van der Waals surface area contributed by atoms with E-state index in [1.807, 2.05) is 62.3 Å². The number of nitrogens with zero attached hydrogens (tertiary/aromatic N) is 8. The zero-order valence-electron chi connectivity index (χ0n) is 81.7. The first-order valence-corrected chi connectivity index (χ1v) is 54.0. The minimum absolute atomic E-state index is 0.108. The fraction of sp³-hybridized carbons (Fsp3) is 0.779. The lowest BCUT2D eigenvalue weighted by molar-refractivity contribution is -0.150. The van der Waals surface area contributed by atoms with E-state index in [-0.39, 0.29) is 35.5 Å². The molecule has 0 saturated carbocycles. The molecule has 0 aliphatic carbocycles. The molecule has 0 atom stereocenters. The van der Waals surface area contributed by atoms with Gasteiger partial charge in [0.2, 0.25) is 20.0 Å². The van der Waals surface area contributed by atoms with Gasteiger partial charge in [0, 0.05) is 83.0 Å². The number of nitrogens with one attached hydrogen (secondary N) is 10. The molecule has 0 spiro atoms. The molecule has 0 unspecified atom stereocenters. The number of aryl methyl sites for hydroxylation is 4. The van der Waals surface area contributed by atoms with E-state index in [2.05, 4.69) is 118 Å². The summed E-state index contributed by atoms with van der Waals surface area (Å²) >= 11 is 0. The average molecular weight is 2150 g/mol. The van der Waals surface area contributed by atoms with Crippen LogP contribution in [0.4, 0.5) is 26.3 Å². The Labute approximate surface area is 810 Å². The van der Waals surface area contributed by atoms with Crippen LogP contribution in [0.1, 0.15) is 339 Å². The van der Waals surface area contributed by atoms with Crippen LogP contribution in [0, 0.1) is 0 Å². The number of amidine groups is 2. The Morgan fingerprint density at radius 3 is 0.799 bits per heavy atom. The number of hydroxylamine groups is 2. The summed E-state index contributed by atoms with van der Waals surface area (Å²) in [5.74, 6) is -4.05. The van der Waals surface area contributed by atoms with Gasteiger partial charge in [-0.05, 0) is 96.3 Å². The minimum Gasteiger partial charge on any atom is -0.481 e. The molecule has 2 aliphatic heterocycles. The number of aromatic amines is 4. The summed E-state index contributed by atoms with van der Waals surface area (Å²) in [5, 5.41) is 75.9. The Balaban J connectivity index is -0.000000187. The van der Waals surface area contributed by atoms with Gasteiger partial charge in [-0.3, -0.25) is 42.7 Å². The molecule has 0 aromatic carbocycles. The summed E-state index contributed by atoms with van der Waals surface area (Å²) in [5.41, 5.74) is 4.19. The highest BCUT2D eigenvalue weighted by Gasteiger charge is 2.34. The number of carbonyl (C=O) groups is 7. The number of rotatable bonds is 45. The monoisotopic (exact) mass is 2140 g/mol. The molecule has 2 aliphatic rings. The molecule has 2 amide bonds. The number of aromatic nitrogens is 10. The molecule has 0 fully saturated rings. The fourth-order valence-electron chi connectivity index (χ4n) is 7.65. The zero-order valence-corrected chi connectivity index (χ0v) is 86.6. The first-order chi connectivity index (χ1) is 64.6. The molecule has 6 heterocycles. The molecule has 62 heteroatoms. The fourth-order valence-corrected chi connectivity index (χ4v) is 12.5. The van der Waals surface area contributed by atoms with Gasteiger partial charge in [0.05, 0.1) is 23.0 Å². The first-order valence-electron chi connectivity index (χ1n) is 44.7. The van der Waals surface area contributed by atoms with Crippen LogP contribution in [0.3, 0.4) is 0 Å². The molecule has 0 radical (unpaired) electrons. The van der Waals surface area contributed by atoms with Crippen LogP contribution in [-0.4, -0.2) is 239 Å². The first kappa shape index (κ1) is 147. The second-order valence-corrected chi connectivity index (χ2v) is 37.6. The van der Waals surface area contributed by atoms with Crippen LogP contribution >= 0.6 is 0 Å². The molecular weight excluding hydrogens is 2000 g/mol. The van der Waals surface area contributed by atoms with Crippen molar-refractivity contribution in [1.82, 2.24) is 82.6 Å². The van der Waals surface area contributed by atoms with Gasteiger partial charge in [0.25, 0.3) is 31.4 Å². The number of carboxylic acid groups (broad SMARTS) is 5. The maximum absolute atomic E-state index is 11.5. The number of hydrogen-bond donors (Lipinski definition) is 17. The predicted molar refractivity (Wildman–Crippen MR) is 503 cm³/mol. The van der Waals surface area contributed by atoms with E-state index in [1.54, 1.807) is 13.8 Å². The molecule has 139 heavy (non-hydrogen) atoms. The molecule has 4 aromatic heterocycles. The van der Waals surface area contributed by atoms with Crippen molar-refractivity contribution in [2.45, 2.75) is 354 Å². The molecule has 0 bridgehead atoms. The summed E-state index contributed by atoms with van der Waals surface area (Å²) < 4.78 is 235. The van der Waals surface area contributed by atoms with Gasteiger partial charge in [-0.1, -0.05) is 198 Å². The average Bonchev–Trinajstić information content (AvgIpc) is 1.84. The minimum atomic E-state index is -4.85. The normalized spacial score (nSPS) is 12.1. The van der Waals surface area contributed by atoms with Gasteiger partial charge in [0.1, 0.15) is 23.2 Å². The van der Waals surface area contributed by atoms with E-state index in [0.717, 1.165) is 177 Å². The van der Waals surface area contributed by atoms with Crippen molar-refractivity contribution >= 4 is 114 Å². The Morgan fingerprint density at radius 2 is 0.626 bits per heavy atom. The topological polar surface area (TPSA) is 782 Å². The molecule has 50 nitrogen and oxygen atoms in total. The Bertz CT molecular complexity index is 4360.